The molecule has 4 rings (SSSR count). The van der Waals surface area contributed by atoms with Gasteiger partial charge < -0.3 is 5.32 Å². The highest BCUT2D eigenvalue weighted by Gasteiger charge is 2.18. The van der Waals surface area contributed by atoms with Crippen molar-refractivity contribution in [1.82, 2.24) is 35.3 Å². The number of halogens is 1. The third-order valence-electron chi connectivity index (χ3n) is 3.90. The zero-order valence-electron chi connectivity index (χ0n) is 13.0. The van der Waals surface area contributed by atoms with Crippen LogP contribution >= 0.6 is 23.7 Å². The van der Waals surface area contributed by atoms with E-state index in [0.717, 1.165) is 29.5 Å². The number of hydrogen-bond acceptors (Lipinski definition) is 7. The summed E-state index contributed by atoms with van der Waals surface area (Å²) >= 11 is 1.55. The van der Waals surface area contributed by atoms with Gasteiger partial charge in [0.05, 0.1) is 17.9 Å². The van der Waals surface area contributed by atoms with Crippen molar-refractivity contribution in [3.05, 3.63) is 41.4 Å². The molecule has 1 fully saturated rings. The molecule has 7 nitrogen and oxygen atoms in total. The lowest BCUT2D eigenvalue weighted by atomic mass is 9.97. The quantitative estimate of drug-likeness (QED) is 0.764. The molecule has 3 aromatic rings. The van der Waals surface area contributed by atoms with E-state index in [-0.39, 0.29) is 12.4 Å². The van der Waals surface area contributed by atoms with Gasteiger partial charge in [0.25, 0.3) is 0 Å². The molecule has 3 aromatic heterocycles. The first-order chi connectivity index (χ1) is 11.4. The van der Waals surface area contributed by atoms with E-state index in [0.29, 0.717) is 18.3 Å². The van der Waals surface area contributed by atoms with E-state index in [1.807, 2.05) is 16.3 Å². The number of aromatic nitrogens is 6. The van der Waals surface area contributed by atoms with E-state index < -0.39 is 0 Å². The lowest BCUT2D eigenvalue weighted by Crippen LogP contribution is -2.28. The van der Waals surface area contributed by atoms with Crippen LogP contribution in [0.5, 0.6) is 0 Å². The second-order valence-corrected chi connectivity index (χ2v) is 6.46. The molecule has 0 bridgehead atoms. The largest absolute Gasteiger partial charge is 0.316 e. The fourth-order valence-electron chi connectivity index (χ4n) is 2.74. The molecular weight excluding hydrogens is 346 g/mol. The molecule has 0 saturated carbocycles. The van der Waals surface area contributed by atoms with Crippen molar-refractivity contribution in [2.24, 2.45) is 0 Å². The van der Waals surface area contributed by atoms with Crippen LogP contribution in [0.3, 0.4) is 0 Å². The van der Waals surface area contributed by atoms with Gasteiger partial charge in [0.2, 0.25) is 0 Å². The normalized spacial score (nSPS) is 17.4. The highest BCUT2D eigenvalue weighted by atomic mass is 35.5. The number of piperidine rings is 1. The Morgan fingerprint density at radius 3 is 2.96 bits per heavy atom. The van der Waals surface area contributed by atoms with Gasteiger partial charge in [-0.15, -0.1) is 28.8 Å². The summed E-state index contributed by atoms with van der Waals surface area (Å²) in [4.78, 5) is 13.0. The summed E-state index contributed by atoms with van der Waals surface area (Å²) in [5, 5.41) is 14.8. The summed E-state index contributed by atoms with van der Waals surface area (Å²) in [6, 6.07) is 1.80. The van der Waals surface area contributed by atoms with Crippen LogP contribution in [0.4, 0.5) is 0 Å². The summed E-state index contributed by atoms with van der Waals surface area (Å²) in [7, 11) is 0. The number of hydrogen-bond donors (Lipinski definition) is 1. The van der Waals surface area contributed by atoms with Crippen LogP contribution in [0, 0.1) is 0 Å². The van der Waals surface area contributed by atoms with Gasteiger partial charge in [-0.25, -0.2) is 19.6 Å². The smallest absolute Gasteiger partial charge is 0.188 e. The van der Waals surface area contributed by atoms with E-state index in [9.17, 15) is 0 Å². The molecule has 1 N–H and O–H groups in total. The van der Waals surface area contributed by atoms with Gasteiger partial charge in [0, 0.05) is 36.4 Å². The molecule has 126 valence electrons. The highest BCUT2D eigenvalue weighted by molar-refractivity contribution is 7.13. The Balaban J connectivity index is 0.00000169. The molecule has 1 saturated heterocycles. The van der Waals surface area contributed by atoms with Crippen molar-refractivity contribution in [3.8, 4) is 10.8 Å². The molecule has 9 heteroatoms. The average molecular weight is 364 g/mol. The summed E-state index contributed by atoms with van der Waals surface area (Å²) in [5.41, 5.74) is 2.02. The van der Waals surface area contributed by atoms with Gasteiger partial charge in [-0.2, -0.15) is 0 Å². The predicted octanol–water partition coefficient (Wildman–Crippen LogP) is 2.13. The second kappa shape index (κ2) is 7.78. The van der Waals surface area contributed by atoms with E-state index in [2.05, 4.69) is 30.6 Å². The van der Waals surface area contributed by atoms with Crippen molar-refractivity contribution in [1.29, 1.82) is 0 Å². The zero-order valence-corrected chi connectivity index (χ0v) is 14.6. The molecule has 0 aliphatic carbocycles. The van der Waals surface area contributed by atoms with Crippen LogP contribution in [-0.4, -0.2) is 43.0 Å². The lowest BCUT2D eigenvalue weighted by Gasteiger charge is -2.20. The number of nitrogens with zero attached hydrogens (tertiary/aromatic N) is 6. The Hall–Kier alpha value is -1.90. The van der Waals surface area contributed by atoms with Crippen LogP contribution in [-0.2, 0) is 6.54 Å². The average Bonchev–Trinajstić information content (AvgIpc) is 3.27. The van der Waals surface area contributed by atoms with Crippen LogP contribution < -0.4 is 5.32 Å². The van der Waals surface area contributed by atoms with Crippen LogP contribution in [0.15, 0.2) is 30.0 Å². The number of nitrogens with one attached hydrogen (secondary N) is 1. The molecule has 1 atom stereocenters. The fraction of sp³-hybridized carbons (Fsp3) is 0.400. The summed E-state index contributed by atoms with van der Waals surface area (Å²) < 4.78 is 1.86. The van der Waals surface area contributed by atoms with Crippen molar-refractivity contribution >= 4 is 23.7 Å². The molecule has 24 heavy (non-hydrogen) atoms. The maximum atomic E-state index is 4.59. The zero-order chi connectivity index (χ0) is 15.5. The van der Waals surface area contributed by atoms with Gasteiger partial charge in [0.1, 0.15) is 0 Å². The standard InChI is InChI=1S/C15H17N7S.ClH/c1-3-11(7-16-4-1)13-9-22(21-20-13)8-12-10-23-15(19-12)14-17-5-2-6-18-14;/h2,5-6,9-11,16H,1,3-4,7-8H2;1H. The Morgan fingerprint density at radius 2 is 2.17 bits per heavy atom. The molecule has 1 unspecified atom stereocenters. The van der Waals surface area contributed by atoms with Gasteiger partial charge in [-0.1, -0.05) is 5.21 Å². The molecule has 0 spiro atoms. The summed E-state index contributed by atoms with van der Waals surface area (Å²) in [6.07, 6.45) is 7.87. The Kier molecular flexibility index (Phi) is 5.49. The SMILES string of the molecule is Cl.c1cnc(-c2nc(Cn3cc(C4CCCNC4)nn3)cs2)nc1. The maximum absolute atomic E-state index is 4.59. The first-order valence-electron chi connectivity index (χ1n) is 7.71. The maximum Gasteiger partial charge on any atom is 0.188 e. The molecule has 1 aliphatic rings. The molecule has 0 aromatic carbocycles. The molecule has 4 heterocycles. The monoisotopic (exact) mass is 363 g/mol. The molecule has 1 aliphatic heterocycles. The number of rotatable bonds is 4. The Bertz CT molecular complexity index is 767. The van der Waals surface area contributed by atoms with Crippen LogP contribution in [0.1, 0.15) is 30.1 Å². The lowest BCUT2D eigenvalue weighted by molar-refractivity contribution is 0.454. The summed E-state index contributed by atoms with van der Waals surface area (Å²) in [6.45, 7) is 2.72. The third-order valence-corrected chi connectivity index (χ3v) is 4.79. The minimum atomic E-state index is 0. The molecule has 0 radical (unpaired) electrons. The van der Waals surface area contributed by atoms with Crippen molar-refractivity contribution < 1.29 is 0 Å². The van der Waals surface area contributed by atoms with E-state index in [4.69, 9.17) is 0 Å². The van der Waals surface area contributed by atoms with Crippen LogP contribution in [0.2, 0.25) is 0 Å². The number of thiazole rings is 1. The van der Waals surface area contributed by atoms with Gasteiger partial charge in [-0.3, -0.25) is 0 Å². The first kappa shape index (κ1) is 16.9. The van der Waals surface area contributed by atoms with Crippen molar-refractivity contribution in [3.63, 3.8) is 0 Å². The van der Waals surface area contributed by atoms with Gasteiger partial charge in [-0.05, 0) is 25.5 Å². The predicted molar refractivity (Wildman–Crippen MR) is 94.4 cm³/mol. The highest BCUT2D eigenvalue weighted by Crippen LogP contribution is 2.22. The topological polar surface area (TPSA) is 81.4 Å². The fourth-order valence-corrected chi connectivity index (χ4v) is 3.50. The summed E-state index contributed by atoms with van der Waals surface area (Å²) in [5.74, 6) is 1.14. The van der Waals surface area contributed by atoms with Gasteiger partial charge in [0.15, 0.2) is 10.8 Å². The van der Waals surface area contributed by atoms with E-state index in [1.54, 1.807) is 29.8 Å². The van der Waals surface area contributed by atoms with E-state index >= 15 is 0 Å². The third kappa shape index (κ3) is 3.77. The molecular formula is C15H18ClN7S. The van der Waals surface area contributed by atoms with Crippen molar-refractivity contribution in [2.45, 2.75) is 25.3 Å². The van der Waals surface area contributed by atoms with E-state index in [1.165, 1.54) is 12.8 Å². The van der Waals surface area contributed by atoms with Crippen molar-refractivity contribution in [2.75, 3.05) is 13.1 Å². The minimum absolute atomic E-state index is 0. The van der Waals surface area contributed by atoms with Crippen LogP contribution in [0.25, 0.3) is 10.8 Å². The first-order valence-corrected chi connectivity index (χ1v) is 8.59. The molecule has 0 amide bonds. The second-order valence-electron chi connectivity index (χ2n) is 5.60. The Labute approximate surface area is 150 Å². The minimum Gasteiger partial charge on any atom is -0.316 e. The van der Waals surface area contributed by atoms with Gasteiger partial charge >= 0.3 is 0 Å². The Morgan fingerprint density at radius 1 is 1.29 bits per heavy atom.